The molecule has 2 aromatic heterocycles. The maximum Gasteiger partial charge on any atom is 0.129 e. The van der Waals surface area contributed by atoms with Gasteiger partial charge in [0.15, 0.2) is 0 Å². The Morgan fingerprint density at radius 1 is 1.21 bits per heavy atom. The third-order valence-electron chi connectivity index (χ3n) is 3.09. The standard InChI is InChI=1S/C15H15N3S/c1-18(9-11-6-7-19-10-11)15-5-2-12-8-13(16)3-4-14(12)17-15/h2-8,10H,9,16H2,1H3. The molecule has 96 valence electrons. The van der Waals surface area contributed by atoms with Crippen molar-refractivity contribution in [2.75, 3.05) is 17.7 Å². The minimum absolute atomic E-state index is 0.772. The van der Waals surface area contributed by atoms with Crippen LogP contribution >= 0.6 is 11.3 Å². The number of hydrogen-bond acceptors (Lipinski definition) is 4. The van der Waals surface area contributed by atoms with E-state index in [2.05, 4.69) is 39.8 Å². The summed E-state index contributed by atoms with van der Waals surface area (Å²) in [6, 6.07) is 12.0. The summed E-state index contributed by atoms with van der Waals surface area (Å²) < 4.78 is 0. The molecule has 0 atom stereocenters. The van der Waals surface area contributed by atoms with Gasteiger partial charge in [-0.2, -0.15) is 11.3 Å². The van der Waals surface area contributed by atoms with Crippen LogP contribution in [0, 0.1) is 0 Å². The molecule has 0 amide bonds. The number of hydrogen-bond donors (Lipinski definition) is 1. The first-order chi connectivity index (χ1) is 9.22. The first-order valence-corrected chi connectivity index (χ1v) is 7.05. The fourth-order valence-corrected chi connectivity index (χ4v) is 2.74. The van der Waals surface area contributed by atoms with Crippen LogP contribution in [0.25, 0.3) is 10.9 Å². The molecule has 0 saturated carbocycles. The van der Waals surface area contributed by atoms with Gasteiger partial charge in [0.1, 0.15) is 5.82 Å². The lowest BCUT2D eigenvalue weighted by Gasteiger charge is -2.17. The van der Waals surface area contributed by atoms with Gasteiger partial charge in [0.25, 0.3) is 0 Å². The largest absolute Gasteiger partial charge is 0.399 e. The van der Waals surface area contributed by atoms with Crippen molar-refractivity contribution in [1.29, 1.82) is 0 Å². The number of nitrogen functional groups attached to an aromatic ring is 1. The molecule has 0 aliphatic rings. The van der Waals surface area contributed by atoms with Gasteiger partial charge in [-0.1, -0.05) is 0 Å². The summed E-state index contributed by atoms with van der Waals surface area (Å²) >= 11 is 1.72. The van der Waals surface area contributed by atoms with Crippen molar-refractivity contribution in [2.45, 2.75) is 6.54 Å². The van der Waals surface area contributed by atoms with Crippen molar-refractivity contribution in [1.82, 2.24) is 4.98 Å². The molecule has 3 rings (SSSR count). The van der Waals surface area contributed by atoms with Crippen LogP contribution in [0.5, 0.6) is 0 Å². The van der Waals surface area contributed by atoms with Gasteiger partial charge in [-0.15, -0.1) is 0 Å². The Morgan fingerprint density at radius 2 is 2.11 bits per heavy atom. The quantitative estimate of drug-likeness (QED) is 0.740. The van der Waals surface area contributed by atoms with Gasteiger partial charge >= 0.3 is 0 Å². The number of pyridine rings is 1. The first-order valence-electron chi connectivity index (χ1n) is 6.11. The summed E-state index contributed by atoms with van der Waals surface area (Å²) in [5.74, 6) is 0.975. The molecule has 0 aliphatic carbocycles. The van der Waals surface area contributed by atoms with E-state index in [9.17, 15) is 0 Å². The third-order valence-corrected chi connectivity index (χ3v) is 3.82. The third kappa shape index (κ3) is 2.53. The average molecular weight is 269 g/mol. The van der Waals surface area contributed by atoms with Crippen molar-refractivity contribution in [3.05, 3.63) is 52.7 Å². The van der Waals surface area contributed by atoms with Gasteiger partial charge in [-0.05, 0) is 52.7 Å². The van der Waals surface area contributed by atoms with Gasteiger partial charge in [0.2, 0.25) is 0 Å². The van der Waals surface area contributed by atoms with Gasteiger partial charge in [-0.25, -0.2) is 4.98 Å². The van der Waals surface area contributed by atoms with E-state index >= 15 is 0 Å². The maximum absolute atomic E-state index is 5.78. The minimum atomic E-state index is 0.772. The zero-order valence-corrected chi connectivity index (χ0v) is 11.5. The second-order valence-corrected chi connectivity index (χ2v) is 5.39. The van der Waals surface area contributed by atoms with Crippen molar-refractivity contribution < 1.29 is 0 Å². The van der Waals surface area contributed by atoms with Crippen molar-refractivity contribution in [3.8, 4) is 0 Å². The Hall–Kier alpha value is -2.07. The Labute approximate surface area is 116 Å². The number of thiophene rings is 1. The summed E-state index contributed by atoms with van der Waals surface area (Å²) in [5.41, 5.74) is 8.83. The number of nitrogens with two attached hydrogens (primary N) is 1. The molecular formula is C15H15N3S. The van der Waals surface area contributed by atoms with E-state index in [1.807, 2.05) is 24.3 Å². The average Bonchev–Trinajstić information content (AvgIpc) is 2.91. The lowest BCUT2D eigenvalue weighted by Crippen LogP contribution is -2.17. The molecule has 0 unspecified atom stereocenters. The Balaban J connectivity index is 1.90. The number of benzene rings is 1. The van der Waals surface area contributed by atoms with Gasteiger partial charge in [0, 0.05) is 24.7 Å². The molecule has 2 heterocycles. The number of rotatable bonds is 3. The SMILES string of the molecule is CN(Cc1ccsc1)c1ccc2cc(N)ccc2n1. The summed E-state index contributed by atoms with van der Waals surface area (Å²) in [6.07, 6.45) is 0. The fourth-order valence-electron chi connectivity index (χ4n) is 2.08. The van der Waals surface area contributed by atoms with Gasteiger partial charge in [-0.3, -0.25) is 0 Å². The number of nitrogens with zero attached hydrogens (tertiary/aromatic N) is 2. The zero-order chi connectivity index (χ0) is 13.2. The highest BCUT2D eigenvalue weighted by molar-refractivity contribution is 7.07. The Morgan fingerprint density at radius 3 is 2.89 bits per heavy atom. The van der Waals surface area contributed by atoms with Crippen LogP contribution < -0.4 is 10.6 Å². The topological polar surface area (TPSA) is 42.1 Å². The van der Waals surface area contributed by atoms with Gasteiger partial charge < -0.3 is 10.6 Å². The molecule has 3 nitrogen and oxygen atoms in total. The number of aromatic nitrogens is 1. The van der Waals surface area contributed by atoms with E-state index in [0.29, 0.717) is 0 Å². The molecule has 0 fully saturated rings. The van der Waals surface area contributed by atoms with Crippen molar-refractivity contribution in [2.24, 2.45) is 0 Å². The van der Waals surface area contributed by atoms with E-state index in [1.165, 1.54) is 5.56 Å². The van der Waals surface area contributed by atoms with Crippen LogP contribution in [0.2, 0.25) is 0 Å². The molecule has 19 heavy (non-hydrogen) atoms. The Bertz CT molecular complexity index is 692. The summed E-state index contributed by atoms with van der Waals surface area (Å²) in [4.78, 5) is 6.82. The van der Waals surface area contributed by atoms with E-state index < -0.39 is 0 Å². The Kier molecular flexibility index (Phi) is 3.09. The van der Waals surface area contributed by atoms with Crippen LogP contribution in [0.1, 0.15) is 5.56 Å². The second kappa shape index (κ2) is 4.90. The summed E-state index contributed by atoms with van der Waals surface area (Å²) in [6.45, 7) is 0.872. The predicted molar refractivity (Wildman–Crippen MR) is 82.6 cm³/mol. The van der Waals surface area contributed by atoms with Crippen LogP contribution in [-0.2, 0) is 6.54 Å². The molecule has 3 aromatic rings. The van der Waals surface area contributed by atoms with E-state index in [-0.39, 0.29) is 0 Å². The molecule has 4 heteroatoms. The minimum Gasteiger partial charge on any atom is -0.399 e. The molecule has 0 bridgehead atoms. The number of anilines is 2. The highest BCUT2D eigenvalue weighted by Crippen LogP contribution is 2.21. The number of fused-ring (bicyclic) bond motifs is 1. The molecule has 0 radical (unpaired) electrons. The molecule has 1 aromatic carbocycles. The lowest BCUT2D eigenvalue weighted by atomic mass is 10.2. The normalized spacial score (nSPS) is 10.8. The summed E-state index contributed by atoms with van der Waals surface area (Å²) in [7, 11) is 2.06. The monoisotopic (exact) mass is 269 g/mol. The van der Waals surface area contributed by atoms with E-state index in [0.717, 1.165) is 29.0 Å². The molecule has 0 saturated heterocycles. The van der Waals surface area contributed by atoms with Crippen LogP contribution in [0.15, 0.2) is 47.2 Å². The first kappa shape index (κ1) is 12.0. The predicted octanol–water partition coefficient (Wildman–Crippen LogP) is 3.51. The van der Waals surface area contributed by atoms with Crippen molar-refractivity contribution in [3.63, 3.8) is 0 Å². The smallest absolute Gasteiger partial charge is 0.129 e. The molecule has 0 aliphatic heterocycles. The molecular weight excluding hydrogens is 254 g/mol. The highest BCUT2D eigenvalue weighted by atomic mass is 32.1. The van der Waals surface area contributed by atoms with Crippen LogP contribution in [-0.4, -0.2) is 12.0 Å². The zero-order valence-electron chi connectivity index (χ0n) is 10.7. The summed E-state index contributed by atoms with van der Waals surface area (Å²) in [5, 5.41) is 5.34. The van der Waals surface area contributed by atoms with Crippen LogP contribution in [0.4, 0.5) is 11.5 Å². The van der Waals surface area contributed by atoms with Crippen LogP contribution in [0.3, 0.4) is 0 Å². The fraction of sp³-hybridized carbons (Fsp3) is 0.133. The van der Waals surface area contributed by atoms with Crippen molar-refractivity contribution >= 4 is 33.7 Å². The van der Waals surface area contributed by atoms with E-state index in [1.54, 1.807) is 11.3 Å². The maximum atomic E-state index is 5.78. The van der Waals surface area contributed by atoms with E-state index in [4.69, 9.17) is 5.73 Å². The van der Waals surface area contributed by atoms with Gasteiger partial charge in [0.05, 0.1) is 5.52 Å². The lowest BCUT2D eigenvalue weighted by molar-refractivity contribution is 0.907. The molecule has 0 spiro atoms. The molecule has 2 N–H and O–H groups in total. The second-order valence-electron chi connectivity index (χ2n) is 4.61. The highest BCUT2D eigenvalue weighted by Gasteiger charge is 2.05.